The Morgan fingerprint density at radius 2 is 2.09 bits per heavy atom. The van der Waals surface area contributed by atoms with Crippen LogP contribution in [0, 0.1) is 5.92 Å². The lowest BCUT2D eigenvalue weighted by molar-refractivity contribution is 0.0636. The second kappa shape index (κ2) is 6.69. The summed E-state index contributed by atoms with van der Waals surface area (Å²) in [6.07, 6.45) is 4.62. The highest BCUT2D eigenvalue weighted by atomic mass is 35.5. The van der Waals surface area contributed by atoms with Crippen LogP contribution in [0.25, 0.3) is 0 Å². The number of aldehydes is 1. The minimum atomic E-state index is -0.591. The number of ether oxygens (including phenoxy) is 1. The minimum Gasteiger partial charge on any atom is -0.444 e. The van der Waals surface area contributed by atoms with Crippen molar-refractivity contribution in [1.82, 2.24) is 0 Å². The number of hydrogen-bond acceptors (Lipinski definition) is 3. The monoisotopic (exact) mass is 323 g/mol. The predicted octanol–water partition coefficient (Wildman–Crippen LogP) is 4.84. The van der Waals surface area contributed by atoms with Crippen molar-refractivity contribution < 1.29 is 14.3 Å². The number of carbonyl (C=O) groups excluding carboxylic acids is 2. The van der Waals surface area contributed by atoms with Crippen LogP contribution >= 0.6 is 11.6 Å². The fourth-order valence-corrected chi connectivity index (χ4v) is 2.48. The van der Waals surface area contributed by atoms with E-state index < -0.39 is 11.7 Å². The quantitative estimate of drug-likeness (QED) is 0.789. The average molecular weight is 324 g/mol. The zero-order chi connectivity index (χ0) is 16.3. The first kappa shape index (κ1) is 16.8. The molecular formula is C17H22ClNO3. The van der Waals surface area contributed by atoms with E-state index in [4.69, 9.17) is 16.3 Å². The third-order valence-electron chi connectivity index (χ3n) is 3.50. The lowest BCUT2D eigenvalue weighted by atomic mass is 10.0. The van der Waals surface area contributed by atoms with Crippen LogP contribution in [0.1, 0.15) is 56.0 Å². The molecule has 1 aliphatic rings. The highest BCUT2D eigenvalue weighted by Crippen LogP contribution is 2.35. The van der Waals surface area contributed by atoms with Crippen molar-refractivity contribution in [2.45, 2.75) is 52.1 Å². The molecule has 5 heteroatoms. The number of benzene rings is 1. The van der Waals surface area contributed by atoms with Gasteiger partial charge in [0, 0.05) is 10.6 Å². The summed E-state index contributed by atoms with van der Waals surface area (Å²) >= 11 is 6.22. The van der Waals surface area contributed by atoms with Crippen molar-refractivity contribution in [2.24, 2.45) is 5.92 Å². The number of rotatable bonds is 5. The molecule has 0 spiro atoms. The SMILES string of the molecule is CC(C)(C)OC(=O)Nc1cc(CCC2CC2)c(Cl)cc1C=O. The standard InChI is InChI=1S/C17H22ClNO3/c1-17(2,3)22-16(21)19-15-9-12(7-6-11-4-5-11)14(18)8-13(15)10-20/h8-11H,4-7H2,1-3H3,(H,19,21). The zero-order valence-electron chi connectivity index (χ0n) is 13.2. The summed E-state index contributed by atoms with van der Waals surface area (Å²) in [5.74, 6) is 0.795. The summed E-state index contributed by atoms with van der Waals surface area (Å²) in [4.78, 5) is 23.1. The molecule has 0 heterocycles. The Balaban J connectivity index is 2.14. The zero-order valence-corrected chi connectivity index (χ0v) is 14.0. The number of nitrogens with one attached hydrogen (secondary N) is 1. The van der Waals surface area contributed by atoms with Gasteiger partial charge in [-0.25, -0.2) is 4.79 Å². The smallest absolute Gasteiger partial charge is 0.412 e. The first-order valence-electron chi connectivity index (χ1n) is 7.56. The van der Waals surface area contributed by atoms with Gasteiger partial charge >= 0.3 is 6.09 Å². The van der Waals surface area contributed by atoms with Crippen molar-refractivity contribution in [2.75, 3.05) is 5.32 Å². The van der Waals surface area contributed by atoms with Crippen molar-refractivity contribution in [3.63, 3.8) is 0 Å². The molecule has 0 aliphatic heterocycles. The maximum absolute atomic E-state index is 11.9. The van der Waals surface area contributed by atoms with Crippen LogP contribution in [0.3, 0.4) is 0 Å². The van der Waals surface area contributed by atoms with Crippen LogP contribution in [0.4, 0.5) is 10.5 Å². The molecular weight excluding hydrogens is 302 g/mol. The first-order valence-corrected chi connectivity index (χ1v) is 7.94. The van der Waals surface area contributed by atoms with Crippen LogP contribution in [0.2, 0.25) is 5.02 Å². The Morgan fingerprint density at radius 3 is 2.64 bits per heavy atom. The molecule has 0 saturated heterocycles. The molecule has 2 rings (SSSR count). The van der Waals surface area contributed by atoms with Gasteiger partial charge in [0.25, 0.3) is 0 Å². The van der Waals surface area contributed by atoms with Crippen LogP contribution in [0.15, 0.2) is 12.1 Å². The van der Waals surface area contributed by atoms with E-state index in [1.165, 1.54) is 12.8 Å². The molecule has 22 heavy (non-hydrogen) atoms. The van der Waals surface area contributed by atoms with Gasteiger partial charge in [0.2, 0.25) is 0 Å². The minimum absolute atomic E-state index is 0.353. The molecule has 1 saturated carbocycles. The van der Waals surface area contributed by atoms with E-state index in [1.807, 2.05) is 0 Å². The van der Waals surface area contributed by atoms with Crippen LogP contribution in [-0.2, 0) is 11.2 Å². The second-order valence-electron chi connectivity index (χ2n) is 6.76. The molecule has 1 fully saturated rings. The molecule has 0 bridgehead atoms. The Hall–Kier alpha value is -1.55. The highest BCUT2D eigenvalue weighted by Gasteiger charge is 2.22. The summed E-state index contributed by atoms with van der Waals surface area (Å²) in [5.41, 5.74) is 1.16. The highest BCUT2D eigenvalue weighted by molar-refractivity contribution is 6.31. The lowest BCUT2D eigenvalue weighted by Gasteiger charge is -2.20. The number of anilines is 1. The number of amides is 1. The largest absolute Gasteiger partial charge is 0.444 e. The molecule has 1 aliphatic carbocycles. The summed E-state index contributed by atoms with van der Waals surface area (Å²) in [6.45, 7) is 5.36. The molecule has 0 radical (unpaired) electrons. The third kappa shape index (κ3) is 5.02. The molecule has 1 amide bonds. The van der Waals surface area contributed by atoms with Gasteiger partial charge in [-0.3, -0.25) is 10.1 Å². The van der Waals surface area contributed by atoms with Gasteiger partial charge < -0.3 is 4.74 Å². The van der Waals surface area contributed by atoms with E-state index in [0.717, 1.165) is 24.3 Å². The second-order valence-corrected chi connectivity index (χ2v) is 7.16. The van der Waals surface area contributed by atoms with Crippen LogP contribution in [-0.4, -0.2) is 18.0 Å². The van der Waals surface area contributed by atoms with Gasteiger partial charge in [-0.15, -0.1) is 0 Å². The van der Waals surface area contributed by atoms with E-state index in [9.17, 15) is 9.59 Å². The van der Waals surface area contributed by atoms with E-state index in [1.54, 1.807) is 32.9 Å². The van der Waals surface area contributed by atoms with Gasteiger partial charge in [-0.1, -0.05) is 24.4 Å². The van der Waals surface area contributed by atoms with Crippen LogP contribution < -0.4 is 5.32 Å². The normalized spacial score (nSPS) is 14.5. The molecule has 120 valence electrons. The Bertz CT molecular complexity index is 574. The van der Waals surface area contributed by atoms with Crippen LogP contribution in [0.5, 0.6) is 0 Å². The maximum atomic E-state index is 11.9. The number of carbonyl (C=O) groups is 2. The van der Waals surface area contributed by atoms with E-state index >= 15 is 0 Å². The topological polar surface area (TPSA) is 55.4 Å². The molecule has 1 aromatic rings. The predicted molar refractivity (Wildman–Crippen MR) is 87.7 cm³/mol. The van der Waals surface area contributed by atoms with Gasteiger partial charge in [0.15, 0.2) is 6.29 Å². The summed E-state index contributed by atoms with van der Waals surface area (Å²) in [7, 11) is 0. The van der Waals surface area contributed by atoms with Gasteiger partial charge in [0.1, 0.15) is 5.60 Å². The van der Waals surface area contributed by atoms with E-state index in [-0.39, 0.29) is 0 Å². The summed E-state index contributed by atoms with van der Waals surface area (Å²) < 4.78 is 5.22. The van der Waals surface area contributed by atoms with Crippen molar-refractivity contribution >= 4 is 29.7 Å². The third-order valence-corrected chi connectivity index (χ3v) is 3.85. The Morgan fingerprint density at radius 1 is 1.41 bits per heavy atom. The molecule has 0 unspecified atom stereocenters. The molecule has 0 atom stereocenters. The molecule has 4 nitrogen and oxygen atoms in total. The molecule has 0 aromatic heterocycles. The summed E-state index contributed by atoms with van der Waals surface area (Å²) in [5, 5.41) is 3.20. The molecule has 1 aromatic carbocycles. The van der Waals surface area contributed by atoms with Gasteiger partial charge in [-0.05, 0) is 57.2 Å². The fourth-order valence-electron chi connectivity index (χ4n) is 2.21. The Kier molecular flexibility index (Phi) is 5.12. The van der Waals surface area contributed by atoms with E-state index in [2.05, 4.69) is 5.32 Å². The lowest BCUT2D eigenvalue weighted by Crippen LogP contribution is -2.27. The van der Waals surface area contributed by atoms with Crippen molar-refractivity contribution in [3.05, 3.63) is 28.3 Å². The average Bonchev–Trinajstić information content (AvgIpc) is 3.20. The van der Waals surface area contributed by atoms with Gasteiger partial charge in [-0.2, -0.15) is 0 Å². The van der Waals surface area contributed by atoms with Gasteiger partial charge in [0.05, 0.1) is 5.69 Å². The van der Waals surface area contributed by atoms with E-state index in [0.29, 0.717) is 22.6 Å². The number of halogens is 1. The first-order chi connectivity index (χ1) is 10.3. The number of hydrogen-bond donors (Lipinski definition) is 1. The summed E-state index contributed by atoms with van der Waals surface area (Å²) in [6, 6.07) is 3.38. The van der Waals surface area contributed by atoms with Crippen molar-refractivity contribution in [1.29, 1.82) is 0 Å². The molecule has 1 N–H and O–H groups in total. The van der Waals surface area contributed by atoms with Crippen molar-refractivity contribution in [3.8, 4) is 0 Å². The maximum Gasteiger partial charge on any atom is 0.412 e. The Labute approximate surface area is 136 Å². The fraction of sp³-hybridized carbons (Fsp3) is 0.529. The number of aryl methyl sites for hydroxylation is 1.